The van der Waals surface area contributed by atoms with E-state index in [-0.39, 0.29) is 35.2 Å². The van der Waals surface area contributed by atoms with E-state index in [0.29, 0.717) is 11.8 Å². The number of ether oxygens (including phenoxy) is 3. The first kappa shape index (κ1) is 29.0. The molecule has 12 nitrogen and oxygen atoms in total. The normalized spacial score (nSPS) is 13.7. The number of hydrogen-bond donors (Lipinski definition) is 4. The van der Waals surface area contributed by atoms with Crippen LogP contribution in [0.1, 0.15) is 19.3 Å². The fourth-order valence-corrected chi connectivity index (χ4v) is 4.02. The number of methoxy groups -OCH3 is 1. The molecule has 0 bridgehead atoms. The molecule has 1 atom stereocenters. The van der Waals surface area contributed by atoms with Crippen LogP contribution < -0.4 is 31.2 Å². The van der Waals surface area contributed by atoms with E-state index in [1.807, 2.05) is 0 Å². The van der Waals surface area contributed by atoms with Crippen molar-refractivity contribution in [2.24, 2.45) is 11.7 Å². The molecule has 1 aliphatic carbocycles. The molecule has 1 aliphatic rings. The van der Waals surface area contributed by atoms with Crippen molar-refractivity contribution in [2.45, 2.75) is 31.7 Å². The highest BCUT2D eigenvalue weighted by Gasteiger charge is 2.32. The maximum atomic E-state index is 13.0. The van der Waals surface area contributed by atoms with Gasteiger partial charge in [0, 0.05) is 29.4 Å². The largest absolute Gasteiger partial charge is 0.573 e. The topological polar surface area (TPSA) is 163 Å². The monoisotopic (exact) mass is 577 g/mol. The number of nitrogens with two attached hydrogens (primary N) is 1. The first-order valence-electron chi connectivity index (χ1n) is 12.3. The second-order valence-electron chi connectivity index (χ2n) is 9.19. The summed E-state index contributed by atoms with van der Waals surface area (Å²) in [6.07, 6.45) is -1.56. The average Bonchev–Trinajstić information content (AvgIpc) is 3.65. The highest BCUT2D eigenvalue weighted by atomic mass is 19.4. The number of aromatic nitrogens is 1. The van der Waals surface area contributed by atoms with Gasteiger partial charge in [-0.1, -0.05) is 18.9 Å². The maximum Gasteiger partial charge on any atom is 0.573 e. The van der Waals surface area contributed by atoms with E-state index >= 15 is 0 Å². The lowest BCUT2D eigenvalue weighted by Crippen LogP contribution is -2.45. The summed E-state index contributed by atoms with van der Waals surface area (Å²) in [6.45, 7) is -0.364. The number of carbonyl (C=O) groups excluding carboxylic acids is 4. The van der Waals surface area contributed by atoms with Crippen LogP contribution in [-0.2, 0) is 14.3 Å². The Kier molecular flexibility index (Phi) is 8.54. The first-order valence-corrected chi connectivity index (χ1v) is 12.3. The highest BCUT2D eigenvalue weighted by Crippen LogP contribution is 2.34. The van der Waals surface area contributed by atoms with Crippen LogP contribution in [0.15, 0.2) is 48.7 Å². The molecule has 218 valence electrons. The zero-order valence-corrected chi connectivity index (χ0v) is 21.6. The molecule has 15 heteroatoms. The maximum absolute atomic E-state index is 13.0. The van der Waals surface area contributed by atoms with Gasteiger partial charge in [0.25, 0.3) is 0 Å². The van der Waals surface area contributed by atoms with E-state index in [4.69, 9.17) is 10.5 Å². The van der Waals surface area contributed by atoms with Gasteiger partial charge in [-0.05, 0) is 36.6 Å². The molecule has 1 heterocycles. The summed E-state index contributed by atoms with van der Waals surface area (Å²) in [7, 11) is 1.21. The lowest BCUT2D eigenvalue weighted by atomic mass is 10.1. The molecule has 4 rings (SSSR count). The van der Waals surface area contributed by atoms with Crippen LogP contribution in [0.2, 0.25) is 0 Å². The van der Waals surface area contributed by atoms with E-state index in [2.05, 4.69) is 25.4 Å². The molecular formula is C26H26F3N5O7. The molecule has 1 saturated carbocycles. The molecule has 1 aromatic heterocycles. The van der Waals surface area contributed by atoms with E-state index in [9.17, 15) is 32.3 Å². The Balaban J connectivity index is 1.48. The number of amides is 4. The fourth-order valence-electron chi connectivity index (χ4n) is 4.02. The van der Waals surface area contributed by atoms with Gasteiger partial charge in [-0.3, -0.25) is 9.36 Å². The predicted octanol–water partition coefficient (Wildman–Crippen LogP) is 3.95. The molecule has 3 aromatic rings. The van der Waals surface area contributed by atoms with Crippen molar-refractivity contribution in [1.29, 1.82) is 0 Å². The number of fused-ring (bicyclic) bond motifs is 1. The van der Waals surface area contributed by atoms with E-state index in [0.717, 1.165) is 29.5 Å². The Hall–Kier alpha value is -4.95. The number of urea groups is 1. The van der Waals surface area contributed by atoms with Gasteiger partial charge in [-0.25, -0.2) is 14.4 Å². The Labute approximate surface area is 230 Å². The van der Waals surface area contributed by atoms with Crippen molar-refractivity contribution in [2.75, 3.05) is 24.4 Å². The second-order valence-corrected chi connectivity index (χ2v) is 9.19. The Morgan fingerprint density at radius 3 is 2.49 bits per heavy atom. The number of primary amides is 1. The Morgan fingerprint density at radius 2 is 1.83 bits per heavy atom. The molecule has 0 spiro atoms. The van der Waals surface area contributed by atoms with Crippen LogP contribution in [0.25, 0.3) is 10.9 Å². The standard InChI is InChI=1S/C26H26F3N5O7/c1-39-22(35)13-40-16-7-8-18-20(12-34(24(30)37)21(18)11-16)33-25(38)32-19(9-14-5-6-14)23(36)31-15-3-2-4-17(10-15)41-26(27,28)29/h2-4,7-8,10-12,14,19H,5-6,9,13H2,1H3,(H2,30,37)(H,31,36)(H2,32,33,38)/t19-/m0/s1. The van der Waals surface area contributed by atoms with Crippen molar-refractivity contribution < 1.29 is 46.6 Å². The summed E-state index contributed by atoms with van der Waals surface area (Å²) >= 11 is 0. The zero-order valence-electron chi connectivity index (χ0n) is 21.6. The molecule has 4 amide bonds. The molecular weight excluding hydrogens is 551 g/mol. The Morgan fingerprint density at radius 1 is 1.07 bits per heavy atom. The van der Waals surface area contributed by atoms with E-state index in [1.165, 1.54) is 37.6 Å². The number of alkyl halides is 3. The summed E-state index contributed by atoms with van der Waals surface area (Å²) < 4.78 is 52.5. The quantitative estimate of drug-likeness (QED) is 0.265. The van der Waals surface area contributed by atoms with Crippen LogP contribution >= 0.6 is 0 Å². The number of rotatable bonds is 10. The molecule has 1 fully saturated rings. The van der Waals surface area contributed by atoms with Gasteiger partial charge in [-0.2, -0.15) is 0 Å². The average molecular weight is 578 g/mol. The highest BCUT2D eigenvalue weighted by molar-refractivity contribution is 6.06. The molecule has 0 unspecified atom stereocenters. The number of nitrogens with one attached hydrogen (secondary N) is 3. The lowest BCUT2D eigenvalue weighted by Gasteiger charge is -2.19. The van der Waals surface area contributed by atoms with Crippen LogP contribution in [0.4, 0.5) is 34.1 Å². The number of halogens is 3. The number of nitrogens with zero attached hydrogens (tertiary/aromatic N) is 1. The van der Waals surface area contributed by atoms with Crippen molar-refractivity contribution in [3.8, 4) is 11.5 Å². The van der Waals surface area contributed by atoms with E-state index < -0.39 is 42.1 Å². The van der Waals surface area contributed by atoms with Crippen LogP contribution in [0.5, 0.6) is 11.5 Å². The van der Waals surface area contributed by atoms with E-state index in [1.54, 1.807) is 6.07 Å². The summed E-state index contributed by atoms with van der Waals surface area (Å²) in [4.78, 5) is 49.3. The molecule has 41 heavy (non-hydrogen) atoms. The summed E-state index contributed by atoms with van der Waals surface area (Å²) in [5.41, 5.74) is 6.00. The van der Waals surface area contributed by atoms with Crippen molar-refractivity contribution in [3.05, 3.63) is 48.7 Å². The minimum absolute atomic E-state index is 0.0505. The Bertz CT molecular complexity index is 1470. The number of hydrogen-bond acceptors (Lipinski definition) is 7. The lowest BCUT2D eigenvalue weighted by molar-refractivity contribution is -0.274. The fraction of sp³-hybridized carbons (Fsp3) is 0.308. The van der Waals surface area contributed by atoms with Gasteiger partial charge < -0.3 is 35.9 Å². The van der Waals surface area contributed by atoms with Gasteiger partial charge in [0.05, 0.1) is 18.3 Å². The predicted molar refractivity (Wildman–Crippen MR) is 139 cm³/mol. The number of carbonyl (C=O) groups is 4. The molecule has 5 N–H and O–H groups in total. The third-order valence-electron chi connectivity index (χ3n) is 6.07. The second kappa shape index (κ2) is 12.1. The molecule has 0 radical (unpaired) electrons. The van der Waals surface area contributed by atoms with Gasteiger partial charge >= 0.3 is 24.4 Å². The number of anilines is 2. The van der Waals surface area contributed by atoms with Crippen molar-refractivity contribution in [3.63, 3.8) is 0 Å². The zero-order chi connectivity index (χ0) is 29.7. The molecule has 2 aromatic carbocycles. The van der Waals surface area contributed by atoms with Gasteiger partial charge in [0.1, 0.15) is 17.5 Å². The summed E-state index contributed by atoms with van der Waals surface area (Å²) in [6, 6.07) is 6.65. The van der Waals surface area contributed by atoms with Crippen LogP contribution in [0.3, 0.4) is 0 Å². The summed E-state index contributed by atoms with van der Waals surface area (Å²) in [5.74, 6) is -1.31. The minimum atomic E-state index is -4.90. The molecule has 0 aliphatic heterocycles. The third kappa shape index (κ3) is 8.03. The van der Waals surface area contributed by atoms with Crippen LogP contribution in [0, 0.1) is 5.92 Å². The number of esters is 1. The number of benzene rings is 2. The van der Waals surface area contributed by atoms with Crippen molar-refractivity contribution in [1.82, 2.24) is 9.88 Å². The minimum Gasteiger partial charge on any atom is -0.482 e. The first-order chi connectivity index (χ1) is 19.4. The third-order valence-corrected chi connectivity index (χ3v) is 6.07. The van der Waals surface area contributed by atoms with Gasteiger partial charge in [-0.15, -0.1) is 13.2 Å². The van der Waals surface area contributed by atoms with Gasteiger partial charge in [0.15, 0.2) is 6.61 Å². The smallest absolute Gasteiger partial charge is 0.482 e. The summed E-state index contributed by atoms with van der Waals surface area (Å²) in [5, 5.41) is 8.11. The van der Waals surface area contributed by atoms with Gasteiger partial charge in [0.2, 0.25) is 5.91 Å². The molecule has 0 saturated heterocycles. The SMILES string of the molecule is COC(=O)COc1ccc2c(NC(=O)N[C@@H](CC3CC3)C(=O)Nc3cccc(OC(F)(F)F)c3)cn(C(N)=O)c2c1. The van der Waals surface area contributed by atoms with Crippen molar-refractivity contribution >= 4 is 46.2 Å². The van der Waals surface area contributed by atoms with Crippen LogP contribution in [-0.4, -0.2) is 54.6 Å².